The molecule has 0 aliphatic carbocycles. The average Bonchev–Trinajstić information content (AvgIpc) is 3.15. The Labute approximate surface area is 181 Å². The van der Waals surface area contributed by atoms with Crippen molar-refractivity contribution in [3.8, 4) is 11.4 Å². The van der Waals surface area contributed by atoms with Crippen LogP contribution in [0.5, 0.6) is 0 Å². The topological polar surface area (TPSA) is 85.1 Å². The summed E-state index contributed by atoms with van der Waals surface area (Å²) in [6.45, 7) is 9.33. The number of rotatable bonds is 7. The Bertz CT molecular complexity index is 1010. The predicted octanol–water partition coefficient (Wildman–Crippen LogP) is 3.90. The van der Waals surface area contributed by atoms with Crippen molar-refractivity contribution in [2.45, 2.75) is 44.8 Å². The van der Waals surface area contributed by atoms with E-state index in [0.717, 1.165) is 17.0 Å². The molecule has 8 heteroatoms. The second-order valence-electron chi connectivity index (χ2n) is 7.74. The zero-order chi connectivity index (χ0) is 21.6. The third-order valence-electron chi connectivity index (χ3n) is 4.48. The van der Waals surface area contributed by atoms with Gasteiger partial charge in [-0.05, 0) is 35.6 Å². The van der Waals surface area contributed by atoms with Gasteiger partial charge in [0.15, 0.2) is 11.0 Å². The first kappa shape index (κ1) is 21.7. The lowest BCUT2D eigenvalue weighted by Crippen LogP contribution is -2.20. The fraction of sp³-hybridized carbons (Fsp3) is 0.318. The highest BCUT2D eigenvalue weighted by Crippen LogP contribution is 2.27. The van der Waals surface area contributed by atoms with Crippen LogP contribution in [0.1, 0.15) is 38.8 Å². The number of nitrogens with one attached hydrogen (secondary N) is 1. The van der Waals surface area contributed by atoms with Gasteiger partial charge in [0, 0.05) is 24.5 Å². The molecule has 1 amide bonds. The molecule has 0 bridgehead atoms. The van der Waals surface area contributed by atoms with Gasteiger partial charge in [0.2, 0.25) is 0 Å². The smallest absolute Gasteiger partial charge is 0.250 e. The second kappa shape index (κ2) is 9.67. The minimum atomic E-state index is -0.202. The van der Waals surface area contributed by atoms with E-state index in [9.17, 15) is 4.79 Å². The lowest BCUT2D eigenvalue weighted by molar-refractivity contribution is -0.118. The zero-order valence-corrected chi connectivity index (χ0v) is 18.5. The maximum absolute atomic E-state index is 12.1. The number of aromatic nitrogens is 4. The second-order valence-corrected chi connectivity index (χ2v) is 8.68. The van der Waals surface area contributed by atoms with Gasteiger partial charge in [-0.15, -0.1) is 10.2 Å². The minimum absolute atomic E-state index is 0.102. The largest absolute Gasteiger partial charge is 0.302 e. The monoisotopic (exact) mass is 422 g/mol. The molecule has 30 heavy (non-hydrogen) atoms. The van der Waals surface area contributed by atoms with E-state index >= 15 is 0 Å². The van der Waals surface area contributed by atoms with Crippen molar-refractivity contribution in [1.82, 2.24) is 25.2 Å². The van der Waals surface area contributed by atoms with E-state index in [-0.39, 0.29) is 17.1 Å². The molecule has 0 unspecified atom stereocenters. The number of amides is 1. The van der Waals surface area contributed by atoms with Gasteiger partial charge in [-0.25, -0.2) is 5.43 Å². The van der Waals surface area contributed by atoms with Crippen molar-refractivity contribution in [3.05, 3.63) is 59.9 Å². The summed E-state index contributed by atoms with van der Waals surface area (Å²) in [6.07, 6.45) is 4.92. The third kappa shape index (κ3) is 5.54. The van der Waals surface area contributed by atoms with Crippen LogP contribution in [-0.2, 0) is 16.8 Å². The standard InChI is InChI=1S/C22H26N6OS/c1-5-28-20(17-6-8-18(9-7-17)22(2,3)4)26-27-21(28)30-15-19(29)25-24-14-16-10-12-23-13-11-16/h6-14H,5,15H2,1-4H3,(H,25,29)/b24-14+. The van der Waals surface area contributed by atoms with E-state index in [1.54, 1.807) is 18.6 Å². The number of benzene rings is 1. The van der Waals surface area contributed by atoms with Crippen LogP contribution in [0.25, 0.3) is 11.4 Å². The Balaban J connectivity index is 1.63. The molecule has 7 nitrogen and oxygen atoms in total. The highest BCUT2D eigenvalue weighted by Gasteiger charge is 2.17. The van der Waals surface area contributed by atoms with Crippen LogP contribution in [0.4, 0.5) is 0 Å². The first-order valence-electron chi connectivity index (χ1n) is 9.77. The van der Waals surface area contributed by atoms with Crippen LogP contribution in [-0.4, -0.2) is 37.6 Å². The van der Waals surface area contributed by atoms with Gasteiger partial charge in [0.05, 0.1) is 12.0 Å². The van der Waals surface area contributed by atoms with Gasteiger partial charge >= 0.3 is 0 Å². The van der Waals surface area contributed by atoms with Crippen molar-refractivity contribution in [2.24, 2.45) is 5.10 Å². The summed E-state index contributed by atoms with van der Waals surface area (Å²) >= 11 is 1.34. The van der Waals surface area contributed by atoms with Gasteiger partial charge in [-0.3, -0.25) is 9.78 Å². The Morgan fingerprint density at radius 1 is 1.13 bits per heavy atom. The maximum Gasteiger partial charge on any atom is 0.250 e. The Kier molecular flexibility index (Phi) is 6.99. The van der Waals surface area contributed by atoms with Crippen molar-refractivity contribution < 1.29 is 4.79 Å². The molecule has 0 atom stereocenters. The van der Waals surface area contributed by atoms with E-state index in [4.69, 9.17) is 0 Å². The molecule has 0 saturated heterocycles. The van der Waals surface area contributed by atoms with E-state index < -0.39 is 0 Å². The number of hydrogen-bond donors (Lipinski definition) is 1. The Hall–Kier alpha value is -3.00. The fourth-order valence-electron chi connectivity index (χ4n) is 2.80. The third-order valence-corrected chi connectivity index (χ3v) is 5.45. The normalized spacial score (nSPS) is 11.7. The van der Waals surface area contributed by atoms with Crippen LogP contribution < -0.4 is 5.43 Å². The number of pyridine rings is 1. The number of carbonyl (C=O) groups excluding carboxylic acids is 1. The SMILES string of the molecule is CCn1c(SCC(=O)N/N=C/c2ccncc2)nnc1-c1ccc(C(C)(C)C)cc1. The predicted molar refractivity (Wildman–Crippen MR) is 121 cm³/mol. The van der Waals surface area contributed by atoms with Crippen LogP contribution in [0.3, 0.4) is 0 Å². The van der Waals surface area contributed by atoms with E-state index in [0.29, 0.717) is 11.7 Å². The van der Waals surface area contributed by atoms with Crippen molar-refractivity contribution in [1.29, 1.82) is 0 Å². The van der Waals surface area contributed by atoms with Crippen molar-refractivity contribution >= 4 is 23.9 Å². The highest BCUT2D eigenvalue weighted by molar-refractivity contribution is 7.99. The molecular weight excluding hydrogens is 396 g/mol. The molecule has 3 rings (SSSR count). The maximum atomic E-state index is 12.1. The first-order chi connectivity index (χ1) is 14.4. The molecule has 0 aliphatic rings. The molecule has 2 heterocycles. The van der Waals surface area contributed by atoms with E-state index in [1.807, 2.05) is 23.6 Å². The number of hydrogen-bond acceptors (Lipinski definition) is 6. The molecule has 0 spiro atoms. The summed E-state index contributed by atoms with van der Waals surface area (Å²) in [5.74, 6) is 0.804. The minimum Gasteiger partial charge on any atom is -0.302 e. The summed E-state index contributed by atoms with van der Waals surface area (Å²) in [4.78, 5) is 16.0. The summed E-state index contributed by atoms with van der Waals surface area (Å²) in [7, 11) is 0. The molecule has 0 fully saturated rings. The molecule has 156 valence electrons. The molecule has 0 radical (unpaired) electrons. The number of thioether (sulfide) groups is 1. The van der Waals surface area contributed by atoms with Crippen LogP contribution in [0.2, 0.25) is 0 Å². The van der Waals surface area contributed by atoms with Gasteiger partial charge < -0.3 is 4.57 Å². The molecule has 0 saturated carbocycles. The molecule has 1 aromatic carbocycles. The first-order valence-corrected chi connectivity index (χ1v) is 10.8. The quantitative estimate of drug-likeness (QED) is 0.355. The Morgan fingerprint density at radius 3 is 2.47 bits per heavy atom. The van der Waals surface area contributed by atoms with E-state index in [1.165, 1.54) is 17.3 Å². The number of nitrogens with zero attached hydrogens (tertiary/aromatic N) is 5. The molecule has 2 aromatic heterocycles. The van der Waals surface area contributed by atoms with Gasteiger partial charge in [-0.1, -0.05) is 56.8 Å². The van der Waals surface area contributed by atoms with Crippen molar-refractivity contribution in [3.63, 3.8) is 0 Å². The van der Waals surface area contributed by atoms with Gasteiger partial charge in [0.25, 0.3) is 5.91 Å². The van der Waals surface area contributed by atoms with Gasteiger partial charge in [-0.2, -0.15) is 5.10 Å². The van der Waals surface area contributed by atoms with Crippen molar-refractivity contribution in [2.75, 3.05) is 5.75 Å². The average molecular weight is 423 g/mol. The molecule has 0 aliphatic heterocycles. The summed E-state index contributed by atoms with van der Waals surface area (Å²) in [5.41, 5.74) is 5.78. The zero-order valence-electron chi connectivity index (χ0n) is 17.7. The lowest BCUT2D eigenvalue weighted by Gasteiger charge is -2.19. The summed E-state index contributed by atoms with van der Waals surface area (Å²) in [6, 6.07) is 12.0. The number of hydrazone groups is 1. The van der Waals surface area contributed by atoms with E-state index in [2.05, 4.69) is 70.7 Å². The highest BCUT2D eigenvalue weighted by atomic mass is 32.2. The summed E-state index contributed by atoms with van der Waals surface area (Å²) < 4.78 is 2.02. The van der Waals surface area contributed by atoms with Crippen LogP contribution in [0.15, 0.2) is 59.0 Å². The van der Waals surface area contributed by atoms with Crippen LogP contribution >= 0.6 is 11.8 Å². The number of carbonyl (C=O) groups is 1. The van der Waals surface area contributed by atoms with Gasteiger partial charge in [0.1, 0.15) is 0 Å². The Morgan fingerprint density at radius 2 is 1.83 bits per heavy atom. The molecule has 1 N–H and O–H groups in total. The molecular formula is C22H26N6OS. The lowest BCUT2D eigenvalue weighted by atomic mass is 9.87. The fourth-order valence-corrected chi connectivity index (χ4v) is 3.60. The molecule has 3 aromatic rings. The van der Waals surface area contributed by atoms with Crippen LogP contribution in [0, 0.1) is 0 Å². The summed E-state index contributed by atoms with van der Waals surface area (Å²) in [5, 5.41) is 13.3.